The summed E-state index contributed by atoms with van der Waals surface area (Å²) in [5, 5.41) is 0. The summed E-state index contributed by atoms with van der Waals surface area (Å²) in [6, 6.07) is 14.1. The number of hydrogen-bond donors (Lipinski definition) is 0. The van der Waals surface area contributed by atoms with E-state index in [0.29, 0.717) is 32.0 Å². The van der Waals surface area contributed by atoms with Crippen molar-refractivity contribution in [1.82, 2.24) is 4.90 Å². The van der Waals surface area contributed by atoms with Gasteiger partial charge in [0.25, 0.3) is 10.0 Å². The van der Waals surface area contributed by atoms with Crippen molar-refractivity contribution in [2.75, 3.05) is 37.2 Å². The molecule has 1 unspecified atom stereocenters. The maximum absolute atomic E-state index is 13.5. The van der Waals surface area contributed by atoms with Crippen LogP contribution in [-0.2, 0) is 24.3 Å². The Labute approximate surface area is 196 Å². The number of carbonyl (C=O) groups excluding carboxylic acids is 1. The Morgan fingerprint density at radius 2 is 1.61 bits per heavy atom. The molecule has 0 aliphatic carbocycles. The average Bonchev–Trinajstić information content (AvgIpc) is 3.36. The molecule has 0 saturated carbocycles. The number of carbonyl (C=O) groups is 1. The van der Waals surface area contributed by atoms with E-state index in [1.165, 1.54) is 4.31 Å². The van der Waals surface area contributed by atoms with Crippen LogP contribution >= 0.6 is 0 Å². The first-order valence-electron chi connectivity index (χ1n) is 11.5. The molecule has 2 fully saturated rings. The van der Waals surface area contributed by atoms with E-state index in [-0.39, 0.29) is 36.0 Å². The van der Waals surface area contributed by atoms with Crippen molar-refractivity contribution < 1.29 is 22.7 Å². The molecular formula is C25H32N2O5S. The molecule has 4 rings (SSSR count). The molecule has 7 nitrogen and oxygen atoms in total. The third kappa shape index (κ3) is 5.57. The number of anilines is 1. The van der Waals surface area contributed by atoms with Crippen LogP contribution in [0.5, 0.6) is 0 Å². The van der Waals surface area contributed by atoms with Gasteiger partial charge in [0, 0.05) is 32.0 Å². The van der Waals surface area contributed by atoms with Gasteiger partial charge in [-0.05, 0) is 51.0 Å². The molecule has 0 N–H and O–H groups in total. The third-order valence-electron chi connectivity index (χ3n) is 6.30. The van der Waals surface area contributed by atoms with Crippen molar-refractivity contribution in [3.8, 4) is 0 Å². The van der Waals surface area contributed by atoms with Crippen LogP contribution in [0.3, 0.4) is 0 Å². The van der Waals surface area contributed by atoms with Crippen molar-refractivity contribution in [3.63, 3.8) is 0 Å². The molecule has 33 heavy (non-hydrogen) atoms. The number of sulfonamides is 1. The molecular weight excluding hydrogens is 440 g/mol. The summed E-state index contributed by atoms with van der Waals surface area (Å²) in [5.41, 5.74) is 2.58. The maximum atomic E-state index is 13.5. The molecule has 1 atom stereocenters. The molecule has 2 aliphatic rings. The standard InChI is InChI=1S/C25H32N2O5S/c1-19-5-9-22(10-6-19)27(33(29,30)23-11-7-20(2)8-12-23)15-13-24(28)26-14-3-4-21(18-26)25-31-16-17-32-25/h5-12,21,25H,3-4,13-18H2,1-2H3. The zero-order valence-electron chi connectivity index (χ0n) is 19.3. The largest absolute Gasteiger partial charge is 0.350 e. The Balaban J connectivity index is 1.50. The molecule has 0 radical (unpaired) electrons. The lowest BCUT2D eigenvalue weighted by Gasteiger charge is -2.35. The van der Waals surface area contributed by atoms with Gasteiger partial charge < -0.3 is 14.4 Å². The molecule has 2 saturated heterocycles. The van der Waals surface area contributed by atoms with E-state index >= 15 is 0 Å². The second kappa shape index (κ2) is 10.2. The third-order valence-corrected chi connectivity index (χ3v) is 8.14. The van der Waals surface area contributed by atoms with Gasteiger partial charge in [-0.15, -0.1) is 0 Å². The Morgan fingerprint density at radius 3 is 2.24 bits per heavy atom. The molecule has 0 bridgehead atoms. The first-order chi connectivity index (χ1) is 15.8. The second-order valence-electron chi connectivity index (χ2n) is 8.83. The van der Waals surface area contributed by atoms with E-state index in [0.717, 1.165) is 24.0 Å². The van der Waals surface area contributed by atoms with E-state index in [9.17, 15) is 13.2 Å². The second-order valence-corrected chi connectivity index (χ2v) is 10.7. The van der Waals surface area contributed by atoms with Crippen LogP contribution in [0.2, 0.25) is 0 Å². The van der Waals surface area contributed by atoms with Crippen LogP contribution < -0.4 is 4.31 Å². The fraction of sp³-hybridized carbons (Fsp3) is 0.480. The quantitative estimate of drug-likeness (QED) is 0.617. The van der Waals surface area contributed by atoms with Crippen molar-refractivity contribution >= 4 is 21.6 Å². The number of likely N-dealkylation sites (tertiary alicyclic amines) is 1. The van der Waals surface area contributed by atoms with Gasteiger partial charge in [-0.1, -0.05) is 35.4 Å². The fourth-order valence-electron chi connectivity index (χ4n) is 4.40. The van der Waals surface area contributed by atoms with Gasteiger partial charge in [-0.2, -0.15) is 0 Å². The number of rotatable bonds is 7. The first kappa shape index (κ1) is 23.7. The first-order valence-corrected chi connectivity index (χ1v) is 13.0. The van der Waals surface area contributed by atoms with E-state index in [1.54, 1.807) is 36.4 Å². The lowest BCUT2D eigenvalue weighted by molar-refractivity contribution is -0.139. The Kier molecular flexibility index (Phi) is 7.36. The SMILES string of the molecule is Cc1ccc(N(CCC(=O)N2CCCC(C3OCCO3)C2)S(=O)(=O)c2ccc(C)cc2)cc1. The molecule has 0 aromatic heterocycles. The average molecular weight is 473 g/mol. The minimum Gasteiger partial charge on any atom is -0.350 e. The summed E-state index contributed by atoms with van der Waals surface area (Å²) in [6.07, 6.45) is 1.72. The van der Waals surface area contributed by atoms with Crippen molar-refractivity contribution in [2.45, 2.75) is 44.3 Å². The Morgan fingerprint density at radius 1 is 1.00 bits per heavy atom. The normalized spacial score (nSPS) is 19.6. The monoisotopic (exact) mass is 472 g/mol. The van der Waals surface area contributed by atoms with Gasteiger partial charge in [0.05, 0.1) is 23.8 Å². The summed E-state index contributed by atoms with van der Waals surface area (Å²) in [7, 11) is -3.81. The highest BCUT2D eigenvalue weighted by Gasteiger charge is 2.33. The molecule has 2 aromatic carbocycles. The molecule has 1 amide bonds. The summed E-state index contributed by atoms with van der Waals surface area (Å²) in [5.74, 6) is 0.114. The minimum atomic E-state index is -3.81. The van der Waals surface area contributed by atoms with E-state index in [2.05, 4.69) is 0 Å². The van der Waals surface area contributed by atoms with E-state index in [1.807, 2.05) is 30.9 Å². The summed E-state index contributed by atoms with van der Waals surface area (Å²) in [4.78, 5) is 15.1. The fourth-order valence-corrected chi connectivity index (χ4v) is 5.86. The highest BCUT2D eigenvalue weighted by Crippen LogP contribution is 2.27. The van der Waals surface area contributed by atoms with Crippen LogP contribution in [0.1, 0.15) is 30.4 Å². The lowest BCUT2D eigenvalue weighted by Crippen LogP contribution is -2.45. The Bertz CT molecular complexity index is 1050. The van der Waals surface area contributed by atoms with Crippen LogP contribution in [0.15, 0.2) is 53.4 Å². The van der Waals surface area contributed by atoms with E-state index < -0.39 is 10.0 Å². The lowest BCUT2D eigenvalue weighted by atomic mass is 9.97. The maximum Gasteiger partial charge on any atom is 0.264 e. The summed E-state index contributed by atoms with van der Waals surface area (Å²) < 4.78 is 39.7. The van der Waals surface area contributed by atoms with Crippen LogP contribution in [0.4, 0.5) is 5.69 Å². The summed E-state index contributed by atoms with van der Waals surface area (Å²) in [6.45, 7) is 6.40. The highest BCUT2D eigenvalue weighted by molar-refractivity contribution is 7.92. The van der Waals surface area contributed by atoms with Crippen LogP contribution in [-0.4, -0.2) is 58.4 Å². The van der Waals surface area contributed by atoms with Gasteiger partial charge in [0.2, 0.25) is 5.91 Å². The smallest absolute Gasteiger partial charge is 0.264 e. The van der Waals surface area contributed by atoms with Crippen molar-refractivity contribution in [1.29, 1.82) is 0 Å². The number of amides is 1. The minimum absolute atomic E-state index is 0.0473. The van der Waals surface area contributed by atoms with E-state index in [4.69, 9.17) is 9.47 Å². The van der Waals surface area contributed by atoms with Crippen molar-refractivity contribution in [2.24, 2.45) is 5.92 Å². The number of aryl methyl sites for hydroxylation is 2. The predicted molar refractivity (Wildman–Crippen MR) is 127 cm³/mol. The molecule has 178 valence electrons. The summed E-state index contributed by atoms with van der Waals surface area (Å²) >= 11 is 0. The molecule has 0 spiro atoms. The number of ether oxygens (including phenoxy) is 2. The topological polar surface area (TPSA) is 76.2 Å². The van der Waals surface area contributed by atoms with Gasteiger partial charge in [-0.25, -0.2) is 8.42 Å². The van der Waals surface area contributed by atoms with Crippen LogP contribution in [0.25, 0.3) is 0 Å². The Hall–Kier alpha value is -2.42. The predicted octanol–water partition coefficient (Wildman–Crippen LogP) is 3.50. The number of nitrogens with zero attached hydrogens (tertiary/aromatic N) is 2. The van der Waals surface area contributed by atoms with Gasteiger partial charge in [0.15, 0.2) is 6.29 Å². The zero-order valence-corrected chi connectivity index (χ0v) is 20.1. The molecule has 2 heterocycles. The molecule has 2 aliphatic heterocycles. The van der Waals surface area contributed by atoms with Crippen molar-refractivity contribution in [3.05, 3.63) is 59.7 Å². The molecule has 8 heteroatoms. The van der Waals surface area contributed by atoms with Gasteiger partial charge >= 0.3 is 0 Å². The molecule has 2 aromatic rings. The van der Waals surface area contributed by atoms with Crippen LogP contribution in [0, 0.1) is 19.8 Å². The number of benzene rings is 2. The zero-order chi connectivity index (χ0) is 23.4. The van der Waals surface area contributed by atoms with Gasteiger partial charge in [0.1, 0.15) is 0 Å². The number of hydrogen-bond acceptors (Lipinski definition) is 5. The highest BCUT2D eigenvalue weighted by atomic mass is 32.2. The number of piperidine rings is 1. The van der Waals surface area contributed by atoms with Gasteiger partial charge in [-0.3, -0.25) is 9.10 Å².